The van der Waals surface area contributed by atoms with Crippen LogP contribution in [0.25, 0.3) is 0 Å². The third-order valence-electron chi connectivity index (χ3n) is 3.01. The molecule has 7 heteroatoms. The molecule has 1 unspecified atom stereocenters. The number of benzene rings is 1. The molecule has 0 amide bonds. The van der Waals surface area contributed by atoms with Crippen LogP contribution in [-0.4, -0.2) is 42.5 Å². The van der Waals surface area contributed by atoms with Crippen LogP contribution >= 0.6 is 12.2 Å². The standard InChI is InChI=1S/C13H20N2O3S2/c1-9-8-11(13(14)19)4-5-12(9)20(17,18)15(3)7-6-10(2)16/h4-5,8,10,16H,6-7H2,1-3H3,(H2,14,19). The molecular weight excluding hydrogens is 296 g/mol. The molecule has 0 bridgehead atoms. The quantitative estimate of drug-likeness (QED) is 0.766. The van der Waals surface area contributed by atoms with E-state index in [0.717, 1.165) is 0 Å². The van der Waals surface area contributed by atoms with E-state index in [4.69, 9.17) is 18.0 Å². The summed E-state index contributed by atoms with van der Waals surface area (Å²) in [5.41, 5.74) is 6.76. The summed E-state index contributed by atoms with van der Waals surface area (Å²) in [7, 11) is -2.07. The van der Waals surface area contributed by atoms with Gasteiger partial charge < -0.3 is 10.8 Å². The number of aliphatic hydroxyl groups excluding tert-OH is 1. The maximum absolute atomic E-state index is 12.4. The van der Waals surface area contributed by atoms with E-state index in [1.807, 2.05) is 0 Å². The smallest absolute Gasteiger partial charge is 0.243 e. The third-order valence-corrected chi connectivity index (χ3v) is 5.26. The van der Waals surface area contributed by atoms with Gasteiger partial charge in [-0.1, -0.05) is 18.3 Å². The van der Waals surface area contributed by atoms with Crippen molar-refractivity contribution >= 4 is 27.2 Å². The second-order valence-corrected chi connectivity index (χ2v) is 7.26. The Morgan fingerprint density at radius 2 is 2.10 bits per heavy atom. The van der Waals surface area contributed by atoms with Crippen molar-refractivity contribution in [2.45, 2.75) is 31.3 Å². The molecule has 3 N–H and O–H groups in total. The molecule has 1 aromatic carbocycles. The monoisotopic (exact) mass is 316 g/mol. The van der Waals surface area contributed by atoms with Crippen LogP contribution in [-0.2, 0) is 10.0 Å². The highest BCUT2D eigenvalue weighted by atomic mass is 32.2. The van der Waals surface area contributed by atoms with Gasteiger partial charge >= 0.3 is 0 Å². The van der Waals surface area contributed by atoms with E-state index in [1.54, 1.807) is 26.0 Å². The van der Waals surface area contributed by atoms with E-state index in [0.29, 0.717) is 17.5 Å². The van der Waals surface area contributed by atoms with Crippen molar-refractivity contribution in [1.29, 1.82) is 0 Å². The van der Waals surface area contributed by atoms with Crippen molar-refractivity contribution in [3.8, 4) is 0 Å². The Kier molecular flexibility index (Phi) is 5.64. The zero-order valence-corrected chi connectivity index (χ0v) is 13.5. The molecule has 0 radical (unpaired) electrons. The lowest BCUT2D eigenvalue weighted by atomic mass is 10.1. The largest absolute Gasteiger partial charge is 0.393 e. The van der Waals surface area contributed by atoms with Crippen molar-refractivity contribution in [2.24, 2.45) is 5.73 Å². The van der Waals surface area contributed by atoms with Crippen LogP contribution in [0.1, 0.15) is 24.5 Å². The number of hydrogen-bond donors (Lipinski definition) is 2. The molecule has 0 spiro atoms. The van der Waals surface area contributed by atoms with Gasteiger partial charge in [-0.25, -0.2) is 12.7 Å². The first-order valence-corrected chi connectivity index (χ1v) is 8.06. The number of rotatable bonds is 6. The van der Waals surface area contributed by atoms with Crippen LogP contribution in [0.5, 0.6) is 0 Å². The van der Waals surface area contributed by atoms with Gasteiger partial charge in [0.15, 0.2) is 0 Å². The predicted octanol–water partition coefficient (Wildman–Crippen LogP) is 1.02. The van der Waals surface area contributed by atoms with Crippen LogP contribution in [0.2, 0.25) is 0 Å². The topological polar surface area (TPSA) is 83.6 Å². The van der Waals surface area contributed by atoms with Crippen LogP contribution in [0.3, 0.4) is 0 Å². The summed E-state index contributed by atoms with van der Waals surface area (Å²) >= 11 is 4.87. The van der Waals surface area contributed by atoms with Gasteiger partial charge in [0.2, 0.25) is 10.0 Å². The van der Waals surface area contributed by atoms with E-state index in [9.17, 15) is 13.5 Å². The van der Waals surface area contributed by atoms with Gasteiger partial charge in [-0.15, -0.1) is 0 Å². The highest BCUT2D eigenvalue weighted by Gasteiger charge is 2.23. The molecule has 0 aromatic heterocycles. The first-order chi connectivity index (χ1) is 9.16. The van der Waals surface area contributed by atoms with Crippen molar-refractivity contribution in [3.63, 3.8) is 0 Å². The van der Waals surface area contributed by atoms with Crippen LogP contribution in [0, 0.1) is 6.92 Å². The highest BCUT2D eigenvalue weighted by Crippen LogP contribution is 2.20. The summed E-state index contributed by atoms with van der Waals surface area (Å²) in [6, 6.07) is 4.78. The fourth-order valence-electron chi connectivity index (χ4n) is 1.75. The molecule has 0 aliphatic heterocycles. The summed E-state index contributed by atoms with van der Waals surface area (Å²) in [6.45, 7) is 3.59. The molecule has 1 atom stereocenters. The number of nitrogens with two attached hydrogens (primary N) is 1. The number of hydrogen-bond acceptors (Lipinski definition) is 4. The van der Waals surface area contributed by atoms with Crippen molar-refractivity contribution in [3.05, 3.63) is 29.3 Å². The Balaban J connectivity index is 3.06. The molecule has 0 saturated heterocycles. The lowest BCUT2D eigenvalue weighted by molar-refractivity contribution is 0.177. The number of thiocarbonyl (C=S) groups is 1. The average Bonchev–Trinajstić information content (AvgIpc) is 2.35. The van der Waals surface area contributed by atoms with Gasteiger partial charge in [-0.3, -0.25) is 0 Å². The molecule has 5 nitrogen and oxygen atoms in total. The Morgan fingerprint density at radius 3 is 2.55 bits per heavy atom. The van der Waals surface area contributed by atoms with Gasteiger partial charge in [0, 0.05) is 19.2 Å². The lowest BCUT2D eigenvalue weighted by Gasteiger charge is -2.19. The van der Waals surface area contributed by atoms with Crippen LogP contribution < -0.4 is 5.73 Å². The SMILES string of the molecule is Cc1cc(C(N)=S)ccc1S(=O)(=O)N(C)CCC(C)O. The van der Waals surface area contributed by atoms with Gasteiger partial charge in [0.1, 0.15) is 4.99 Å². The highest BCUT2D eigenvalue weighted by molar-refractivity contribution is 7.89. The number of nitrogens with zero attached hydrogens (tertiary/aromatic N) is 1. The Bertz CT molecular complexity index is 598. The normalized spacial score (nSPS) is 13.4. The van der Waals surface area contributed by atoms with Crippen molar-refractivity contribution in [2.75, 3.05) is 13.6 Å². The predicted molar refractivity (Wildman–Crippen MR) is 83.2 cm³/mol. The van der Waals surface area contributed by atoms with E-state index in [2.05, 4.69) is 0 Å². The van der Waals surface area contributed by atoms with Gasteiger partial charge in [0.05, 0.1) is 11.0 Å². The summed E-state index contributed by atoms with van der Waals surface area (Å²) in [5.74, 6) is 0. The molecule has 1 aromatic rings. The molecule has 20 heavy (non-hydrogen) atoms. The fraction of sp³-hybridized carbons (Fsp3) is 0.462. The summed E-state index contributed by atoms with van der Waals surface area (Å²) < 4.78 is 26.1. The lowest BCUT2D eigenvalue weighted by Crippen LogP contribution is -2.30. The molecular formula is C13H20N2O3S2. The second-order valence-electron chi connectivity index (χ2n) is 4.81. The fourth-order valence-corrected chi connectivity index (χ4v) is 3.26. The Labute approximate surface area is 125 Å². The minimum Gasteiger partial charge on any atom is -0.393 e. The van der Waals surface area contributed by atoms with Crippen LogP contribution in [0.4, 0.5) is 0 Å². The van der Waals surface area contributed by atoms with Crippen molar-refractivity contribution in [1.82, 2.24) is 4.31 Å². The first kappa shape index (κ1) is 17.0. The summed E-state index contributed by atoms with van der Waals surface area (Å²) in [6.07, 6.45) is -0.148. The molecule has 0 aliphatic carbocycles. The zero-order valence-electron chi connectivity index (χ0n) is 11.8. The maximum Gasteiger partial charge on any atom is 0.243 e. The molecule has 112 valence electrons. The van der Waals surface area contributed by atoms with Gasteiger partial charge in [-0.2, -0.15) is 0 Å². The number of aliphatic hydroxyl groups is 1. The molecule has 0 heterocycles. The Morgan fingerprint density at radius 1 is 1.50 bits per heavy atom. The van der Waals surface area contributed by atoms with Gasteiger partial charge in [-0.05, 0) is 38.0 Å². The molecule has 0 fully saturated rings. The number of sulfonamides is 1. The van der Waals surface area contributed by atoms with Crippen molar-refractivity contribution < 1.29 is 13.5 Å². The second kappa shape index (κ2) is 6.62. The van der Waals surface area contributed by atoms with Crippen LogP contribution in [0.15, 0.2) is 23.1 Å². The van der Waals surface area contributed by atoms with Gasteiger partial charge in [0.25, 0.3) is 0 Å². The first-order valence-electron chi connectivity index (χ1n) is 6.21. The molecule has 0 aliphatic rings. The molecule has 1 rings (SSSR count). The van der Waals surface area contributed by atoms with E-state index < -0.39 is 16.1 Å². The maximum atomic E-state index is 12.4. The number of aryl methyl sites for hydroxylation is 1. The zero-order chi connectivity index (χ0) is 15.5. The minimum atomic E-state index is -3.57. The Hall–Kier alpha value is -1.02. The third kappa shape index (κ3) is 3.99. The summed E-state index contributed by atoms with van der Waals surface area (Å²) in [5, 5.41) is 9.24. The molecule has 0 saturated carbocycles. The summed E-state index contributed by atoms with van der Waals surface area (Å²) in [4.78, 5) is 0.463. The van der Waals surface area contributed by atoms with E-state index >= 15 is 0 Å². The average molecular weight is 316 g/mol. The van der Waals surface area contributed by atoms with E-state index in [-0.39, 0.29) is 16.4 Å². The van der Waals surface area contributed by atoms with E-state index in [1.165, 1.54) is 17.4 Å². The minimum absolute atomic E-state index is 0.227.